The predicted molar refractivity (Wildman–Crippen MR) is 59.0 cm³/mol. The van der Waals surface area contributed by atoms with Gasteiger partial charge in [-0.1, -0.05) is 12.1 Å². The Morgan fingerprint density at radius 3 is 2.87 bits per heavy atom. The molecule has 1 aromatic carbocycles. The van der Waals surface area contributed by atoms with Crippen molar-refractivity contribution in [2.75, 3.05) is 13.1 Å². The smallest absolute Gasteiger partial charge is 0.118 e. The van der Waals surface area contributed by atoms with Crippen LogP contribution in [0.25, 0.3) is 0 Å². The van der Waals surface area contributed by atoms with Crippen molar-refractivity contribution in [3.8, 4) is 5.75 Å². The molecule has 0 aromatic heterocycles. The second-order valence-corrected chi connectivity index (χ2v) is 4.45. The molecule has 1 fully saturated rings. The Morgan fingerprint density at radius 2 is 2.27 bits per heavy atom. The van der Waals surface area contributed by atoms with Crippen LogP contribution < -0.4 is 5.32 Å². The van der Waals surface area contributed by atoms with E-state index < -0.39 is 5.60 Å². The summed E-state index contributed by atoms with van der Waals surface area (Å²) in [5.41, 5.74) is 1.22. The predicted octanol–water partition coefficient (Wildman–Crippen LogP) is 0.968. The van der Waals surface area contributed by atoms with Gasteiger partial charge in [0.15, 0.2) is 0 Å². The zero-order valence-corrected chi connectivity index (χ0v) is 8.95. The largest absolute Gasteiger partial charge is 0.508 e. The van der Waals surface area contributed by atoms with Crippen molar-refractivity contribution in [2.45, 2.75) is 25.4 Å². The molecule has 0 amide bonds. The van der Waals surface area contributed by atoms with Crippen molar-refractivity contribution in [1.82, 2.24) is 5.32 Å². The van der Waals surface area contributed by atoms with Crippen LogP contribution in [-0.4, -0.2) is 28.9 Å². The van der Waals surface area contributed by atoms with Crippen LogP contribution in [0.15, 0.2) is 18.2 Å². The Labute approximate surface area is 89.8 Å². The average Bonchev–Trinajstić information content (AvgIpc) is 2.59. The van der Waals surface area contributed by atoms with Crippen LogP contribution in [0.4, 0.5) is 0 Å². The van der Waals surface area contributed by atoms with Crippen LogP contribution in [0.5, 0.6) is 5.75 Å². The first-order valence-electron chi connectivity index (χ1n) is 5.31. The first kappa shape index (κ1) is 10.5. The molecule has 1 heterocycles. The highest BCUT2D eigenvalue weighted by Gasteiger charge is 2.31. The number of hydrogen-bond acceptors (Lipinski definition) is 3. The van der Waals surface area contributed by atoms with Crippen molar-refractivity contribution in [1.29, 1.82) is 0 Å². The molecule has 0 radical (unpaired) electrons. The maximum Gasteiger partial charge on any atom is 0.118 e. The highest BCUT2D eigenvalue weighted by atomic mass is 16.3. The number of benzene rings is 1. The molecule has 0 spiro atoms. The number of rotatable bonds is 2. The Balaban J connectivity index is 2.13. The van der Waals surface area contributed by atoms with Crippen molar-refractivity contribution >= 4 is 0 Å². The maximum absolute atomic E-state index is 10.2. The van der Waals surface area contributed by atoms with Crippen molar-refractivity contribution in [3.63, 3.8) is 0 Å². The SMILES string of the molecule is Cc1ccc(CC2(O)CCNC2)cc1O. The van der Waals surface area contributed by atoms with Gasteiger partial charge in [0.1, 0.15) is 5.75 Å². The minimum atomic E-state index is -0.637. The molecule has 0 bridgehead atoms. The van der Waals surface area contributed by atoms with Gasteiger partial charge in [0.2, 0.25) is 0 Å². The highest BCUT2D eigenvalue weighted by Crippen LogP contribution is 2.24. The lowest BCUT2D eigenvalue weighted by Crippen LogP contribution is -2.33. The van der Waals surface area contributed by atoms with E-state index in [0.717, 1.165) is 24.1 Å². The third-order valence-corrected chi connectivity index (χ3v) is 3.03. The molecule has 3 nitrogen and oxygen atoms in total. The Bertz CT molecular complexity index is 357. The third-order valence-electron chi connectivity index (χ3n) is 3.03. The van der Waals surface area contributed by atoms with E-state index in [1.54, 1.807) is 6.07 Å². The van der Waals surface area contributed by atoms with Gasteiger partial charge in [-0.15, -0.1) is 0 Å². The van der Waals surface area contributed by atoms with E-state index in [1.165, 1.54) is 0 Å². The van der Waals surface area contributed by atoms with E-state index in [1.807, 2.05) is 19.1 Å². The summed E-state index contributed by atoms with van der Waals surface area (Å²) >= 11 is 0. The summed E-state index contributed by atoms with van der Waals surface area (Å²) in [7, 11) is 0. The number of β-amino-alcohol motifs (C(OH)–C–C–N with tert-alkyl or cyclic N) is 1. The summed E-state index contributed by atoms with van der Waals surface area (Å²) in [6, 6.07) is 5.59. The Hall–Kier alpha value is -1.06. The molecule has 1 aliphatic heterocycles. The summed E-state index contributed by atoms with van der Waals surface area (Å²) in [4.78, 5) is 0. The zero-order chi connectivity index (χ0) is 10.9. The number of aromatic hydroxyl groups is 1. The van der Waals surface area contributed by atoms with Gasteiger partial charge in [-0.3, -0.25) is 0 Å². The molecular weight excluding hydrogens is 190 g/mol. The molecule has 1 saturated heterocycles. The molecule has 0 aliphatic carbocycles. The summed E-state index contributed by atoms with van der Waals surface area (Å²) in [5.74, 6) is 0.307. The average molecular weight is 207 g/mol. The van der Waals surface area contributed by atoms with Crippen LogP contribution in [0, 0.1) is 6.92 Å². The zero-order valence-electron chi connectivity index (χ0n) is 8.95. The molecule has 1 aliphatic rings. The van der Waals surface area contributed by atoms with E-state index >= 15 is 0 Å². The Morgan fingerprint density at radius 1 is 1.47 bits per heavy atom. The highest BCUT2D eigenvalue weighted by molar-refractivity contribution is 5.36. The van der Waals surface area contributed by atoms with Crippen molar-refractivity contribution in [3.05, 3.63) is 29.3 Å². The van der Waals surface area contributed by atoms with E-state index in [0.29, 0.717) is 18.7 Å². The summed E-state index contributed by atoms with van der Waals surface area (Å²) < 4.78 is 0. The monoisotopic (exact) mass is 207 g/mol. The molecule has 15 heavy (non-hydrogen) atoms. The van der Waals surface area contributed by atoms with Crippen molar-refractivity contribution in [2.24, 2.45) is 0 Å². The standard InChI is InChI=1S/C12H17NO2/c1-9-2-3-10(6-11(9)14)7-12(15)4-5-13-8-12/h2-3,6,13-15H,4-5,7-8H2,1H3. The first-order valence-corrected chi connectivity index (χ1v) is 5.31. The van der Waals surface area contributed by atoms with E-state index in [2.05, 4.69) is 5.32 Å². The summed E-state index contributed by atoms with van der Waals surface area (Å²) in [5, 5.41) is 22.9. The van der Waals surface area contributed by atoms with Crippen LogP contribution >= 0.6 is 0 Å². The number of phenols is 1. The maximum atomic E-state index is 10.2. The lowest BCUT2D eigenvalue weighted by atomic mass is 9.93. The summed E-state index contributed by atoms with van der Waals surface area (Å²) in [6.07, 6.45) is 1.38. The molecule has 3 heteroatoms. The Kier molecular flexibility index (Phi) is 2.67. The van der Waals surface area contributed by atoms with Gasteiger partial charge < -0.3 is 15.5 Å². The van der Waals surface area contributed by atoms with Crippen LogP contribution in [-0.2, 0) is 6.42 Å². The molecule has 1 aromatic rings. The first-order chi connectivity index (χ1) is 7.09. The quantitative estimate of drug-likeness (QED) is 0.677. The van der Waals surface area contributed by atoms with E-state index in [9.17, 15) is 10.2 Å². The fourth-order valence-corrected chi connectivity index (χ4v) is 2.03. The number of phenolic OH excluding ortho intramolecular Hbond substituents is 1. The van der Waals surface area contributed by atoms with Gasteiger partial charge in [-0.25, -0.2) is 0 Å². The van der Waals surface area contributed by atoms with Gasteiger partial charge in [0.05, 0.1) is 5.60 Å². The van der Waals surface area contributed by atoms with Gasteiger partial charge in [0, 0.05) is 13.0 Å². The molecule has 1 atom stereocenters. The van der Waals surface area contributed by atoms with Crippen LogP contribution in [0.1, 0.15) is 17.5 Å². The topological polar surface area (TPSA) is 52.5 Å². The molecule has 0 saturated carbocycles. The van der Waals surface area contributed by atoms with Crippen molar-refractivity contribution < 1.29 is 10.2 Å². The lowest BCUT2D eigenvalue weighted by molar-refractivity contribution is 0.0618. The van der Waals surface area contributed by atoms with Crippen LogP contribution in [0.3, 0.4) is 0 Å². The van der Waals surface area contributed by atoms with E-state index in [-0.39, 0.29) is 0 Å². The fourth-order valence-electron chi connectivity index (χ4n) is 2.03. The van der Waals surface area contributed by atoms with E-state index in [4.69, 9.17) is 0 Å². The summed E-state index contributed by atoms with van der Waals surface area (Å²) in [6.45, 7) is 3.38. The number of aliphatic hydroxyl groups is 1. The molecule has 1 unspecified atom stereocenters. The van der Waals surface area contributed by atoms with Gasteiger partial charge in [-0.2, -0.15) is 0 Å². The molecular formula is C12H17NO2. The van der Waals surface area contributed by atoms with Gasteiger partial charge in [-0.05, 0) is 37.1 Å². The molecule has 3 N–H and O–H groups in total. The fraction of sp³-hybridized carbons (Fsp3) is 0.500. The number of hydrogen-bond donors (Lipinski definition) is 3. The lowest BCUT2D eigenvalue weighted by Gasteiger charge is -2.21. The second kappa shape index (κ2) is 3.83. The minimum Gasteiger partial charge on any atom is -0.508 e. The molecule has 82 valence electrons. The number of aryl methyl sites for hydroxylation is 1. The normalized spacial score (nSPS) is 25.7. The third kappa shape index (κ3) is 2.30. The minimum absolute atomic E-state index is 0.307. The van der Waals surface area contributed by atoms with Gasteiger partial charge in [0.25, 0.3) is 0 Å². The van der Waals surface area contributed by atoms with Gasteiger partial charge >= 0.3 is 0 Å². The second-order valence-electron chi connectivity index (χ2n) is 4.45. The van der Waals surface area contributed by atoms with Crippen LogP contribution in [0.2, 0.25) is 0 Å². The molecule has 2 rings (SSSR count). The number of nitrogens with one attached hydrogen (secondary N) is 1.